The molecule has 1 aliphatic rings. The maximum atomic E-state index is 8.96. The largest absolute Gasteiger partial charge is 0.395 e. The van der Waals surface area contributed by atoms with E-state index in [1.165, 1.54) is 12.8 Å². The Morgan fingerprint density at radius 2 is 2.40 bits per heavy atom. The van der Waals surface area contributed by atoms with Crippen molar-refractivity contribution in [2.75, 3.05) is 13.2 Å². The summed E-state index contributed by atoms with van der Waals surface area (Å²) in [5, 5.41) is 12.1. The zero-order chi connectivity index (χ0) is 10.7. The lowest BCUT2D eigenvalue weighted by molar-refractivity contribution is 0.183. The van der Waals surface area contributed by atoms with Gasteiger partial charge in [0.05, 0.1) is 24.7 Å². The Bertz CT molecular complexity index is 314. The molecule has 0 bridgehead atoms. The van der Waals surface area contributed by atoms with Gasteiger partial charge in [-0.3, -0.25) is 4.90 Å². The van der Waals surface area contributed by atoms with E-state index in [0.29, 0.717) is 11.9 Å². The maximum Gasteiger partial charge on any atom is 0.107 e. The summed E-state index contributed by atoms with van der Waals surface area (Å²) in [7, 11) is 0. The Hall–Kier alpha value is -0.160. The van der Waals surface area contributed by atoms with Crippen molar-refractivity contribution in [1.82, 2.24) is 9.88 Å². The number of alkyl halides is 1. The number of hydrogen-bond acceptors (Lipinski definition) is 4. The molecular weight excluding hydrogens is 232 g/mol. The van der Waals surface area contributed by atoms with Gasteiger partial charge in [0.25, 0.3) is 0 Å². The molecule has 1 fully saturated rings. The van der Waals surface area contributed by atoms with E-state index in [0.717, 1.165) is 23.8 Å². The molecule has 1 aromatic heterocycles. The van der Waals surface area contributed by atoms with Crippen molar-refractivity contribution in [2.24, 2.45) is 0 Å². The molecule has 5 heteroatoms. The van der Waals surface area contributed by atoms with Crippen LogP contribution in [0, 0.1) is 0 Å². The number of nitrogens with zero attached hydrogens (tertiary/aromatic N) is 2. The summed E-state index contributed by atoms with van der Waals surface area (Å²) in [4.78, 5) is 6.73. The van der Waals surface area contributed by atoms with Crippen LogP contribution in [-0.4, -0.2) is 34.2 Å². The van der Waals surface area contributed by atoms with Gasteiger partial charge in [-0.2, -0.15) is 0 Å². The smallest absolute Gasteiger partial charge is 0.107 e. The van der Waals surface area contributed by atoms with Crippen molar-refractivity contribution in [2.45, 2.75) is 31.3 Å². The molecule has 1 saturated carbocycles. The summed E-state index contributed by atoms with van der Waals surface area (Å²) >= 11 is 7.36. The Kier molecular flexibility index (Phi) is 3.97. The van der Waals surface area contributed by atoms with Crippen LogP contribution < -0.4 is 0 Å². The average Bonchev–Trinajstić information content (AvgIpc) is 2.99. The molecule has 3 nitrogen and oxygen atoms in total. The Morgan fingerprint density at radius 3 is 2.93 bits per heavy atom. The zero-order valence-electron chi connectivity index (χ0n) is 8.53. The standard InChI is InChI=1S/C10H15ClN2OS/c11-5-8-7-15-10(12-8)6-13(3-4-14)9-1-2-9/h7,9,14H,1-6H2. The van der Waals surface area contributed by atoms with Crippen LogP contribution in [0.5, 0.6) is 0 Å². The number of aliphatic hydroxyl groups excluding tert-OH is 1. The van der Waals surface area contributed by atoms with E-state index >= 15 is 0 Å². The molecule has 1 heterocycles. The molecule has 0 unspecified atom stereocenters. The second-order valence-corrected chi connectivity index (χ2v) is 5.00. The van der Waals surface area contributed by atoms with Gasteiger partial charge in [0.15, 0.2) is 0 Å². The first-order valence-electron chi connectivity index (χ1n) is 5.17. The van der Waals surface area contributed by atoms with Gasteiger partial charge in [-0.05, 0) is 12.8 Å². The zero-order valence-corrected chi connectivity index (χ0v) is 10.1. The number of rotatable bonds is 6. The van der Waals surface area contributed by atoms with Crippen molar-refractivity contribution in [3.63, 3.8) is 0 Å². The third-order valence-corrected chi connectivity index (χ3v) is 3.68. The van der Waals surface area contributed by atoms with E-state index in [1.54, 1.807) is 11.3 Å². The summed E-state index contributed by atoms with van der Waals surface area (Å²) in [6, 6.07) is 0.667. The van der Waals surface area contributed by atoms with Crippen LogP contribution in [0.4, 0.5) is 0 Å². The molecule has 0 aliphatic heterocycles. The van der Waals surface area contributed by atoms with Crippen LogP contribution in [-0.2, 0) is 12.4 Å². The minimum Gasteiger partial charge on any atom is -0.395 e. The van der Waals surface area contributed by atoms with E-state index in [4.69, 9.17) is 16.7 Å². The maximum absolute atomic E-state index is 8.96. The Balaban J connectivity index is 1.92. The average molecular weight is 247 g/mol. The molecular formula is C10H15ClN2OS. The SMILES string of the molecule is OCCN(Cc1nc(CCl)cs1)C1CC1. The molecule has 1 aliphatic carbocycles. The first kappa shape index (κ1) is 11.3. The predicted molar refractivity (Wildman–Crippen MR) is 62.2 cm³/mol. The second-order valence-electron chi connectivity index (χ2n) is 3.79. The molecule has 0 saturated heterocycles. The van der Waals surface area contributed by atoms with Gasteiger partial charge < -0.3 is 5.11 Å². The van der Waals surface area contributed by atoms with Crippen LogP contribution in [0.3, 0.4) is 0 Å². The quantitative estimate of drug-likeness (QED) is 0.779. The van der Waals surface area contributed by atoms with Crippen molar-refractivity contribution in [3.8, 4) is 0 Å². The van der Waals surface area contributed by atoms with Crippen LogP contribution in [0.2, 0.25) is 0 Å². The molecule has 0 radical (unpaired) electrons. The summed E-state index contributed by atoms with van der Waals surface area (Å²) in [5.74, 6) is 0.486. The predicted octanol–water partition coefficient (Wildman–Crippen LogP) is 1.84. The molecule has 1 aromatic rings. The molecule has 2 rings (SSSR count). The molecule has 0 amide bonds. The van der Waals surface area contributed by atoms with Gasteiger partial charge in [0, 0.05) is 18.0 Å². The molecule has 0 spiro atoms. The van der Waals surface area contributed by atoms with Crippen LogP contribution in [0.15, 0.2) is 5.38 Å². The van der Waals surface area contributed by atoms with Crippen molar-refractivity contribution in [1.29, 1.82) is 0 Å². The van der Waals surface area contributed by atoms with E-state index in [-0.39, 0.29) is 6.61 Å². The van der Waals surface area contributed by atoms with Gasteiger partial charge in [0.2, 0.25) is 0 Å². The van der Waals surface area contributed by atoms with E-state index in [2.05, 4.69) is 9.88 Å². The van der Waals surface area contributed by atoms with Crippen LogP contribution >= 0.6 is 22.9 Å². The van der Waals surface area contributed by atoms with Crippen molar-refractivity contribution < 1.29 is 5.11 Å². The Labute approximate surface area is 98.7 Å². The van der Waals surface area contributed by atoms with Crippen LogP contribution in [0.1, 0.15) is 23.5 Å². The first-order valence-corrected chi connectivity index (χ1v) is 6.59. The van der Waals surface area contributed by atoms with Gasteiger partial charge in [-0.1, -0.05) is 0 Å². The number of hydrogen-bond donors (Lipinski definition) is 1. The van der Waals surface area contributed by atoms with Crippen LogP contribution in [0.25, 0.3) is 0 Å². The van der Waals surface area contributed by atoms with Gasteiger partial charge >= 0.3 is 0 Å². The van der Waals surface area contributed by atoms with E-state index in [1.807, 2.05) is 5.38 Å². The minimum absolute atomic E-state index is 0.226. The number of aromatic nitrogens is 1. The minimum atomic E-state index is 0.226. The van der Waals surface area contributed by atoms with Crippen molar-refractivity contribution >= 4 is 22.9 Å². The summed E-state index contributed by atoms with van der Waals surface area (Å²) in [6.07, 6.45) is 2.52. The highest BCUT2D eigenvalue weighted by atomic mass is 35.5. The summed E-state index contributed by atoms with van der Waals surface area (Å²) < 4.78 is 0. The van der Waals surface area contributed by atoms with Crippen molar-refractivity contribution in [3.05, 3.63) is 16.1 Å². The molecule has 15 heavy (non-hydrogen) atoms. The number of aliphatic hydroxyl groups is 1. The highest BCUT2D eigenvalue weighted by Crippen LogP contribution is 2.28. The van der Waals surface area contributed by atoms with Gasteiger partial charge in [0.1, 0.15) is 5.01 Å². The fourth-order valence-electron chi connectivity index (χ4n) is 1.62. The monoisotopic (exact) mass is 246 g/mol. The lowest BCUT2D eigenvalue weighted by atomic mass is 10.4. The third kappa shape index (κ3) is 3.14. The topological polar surface area (TPSA) is 36.4 Å². The molecule has 84 valence electrons. The summed E-state index contributed by atoms with van der Waals surface area (Å²) in [5.41, 5.74) is 0.955. The van der Waals surface area contributed by atoms with Gasteiger partial charge in [-0.15, -0.1) is 22.9 Å². The highest BCUT2D eigenvalue weighted by Gasteiger charge is 2.28. The first-order chi connectivity index (χ1) is 7.33. The molecule has 0 aromatic carbocycles. The Morgan fingerprint density at radius 1 is 1.60 bits per heavy atom. The van der Waals surface area contributed by atoms with E-state index in [9.17, 15) is 0 Å². The number of thiazole rings is 1. The summed E-state index contributed by atoms with van der Waals surface area (Å²) in [6.45, 7) is 1.83. The lowest BCUT2D eigenvalue weighted by Gasteiger charge is -2.18. The highest BCUT2D eigenvalue weighted by molar-refractivity contribution is 7.09. The third-order valence-electron chi connectivity index (χ3n) is 2.53. The normalized spacial score (nSPS) is 16.2. The lowest BCUT2D eigenvalue weighted by Crippen LogP contribution is -2.28. The molecule has 0 atom stereocenters. The van der Waals surface area contributed by atoms with E-state index < -0.39 is 0 Å². The fourth-order valence-corrected chi connectivity index (χ4v) is 2.66. The molecule has 1 N–H and O–H groups in total. The second kappa shape index (κ2) is 5.25. The number of halogens is 1. The fraction of sp³-hybridized carbons (Fsp3) is 0.700. The van der Waals surface area contributed by atoms with Gasteiger partial charge in [-0.25, -0.2) is 4.98 Å².